The Morgan fingerprint density at radius 3 is 2.38 bits per heavy atom. The van der Waals surface area contributed by atoms with E-state index in [2.05, 4.69) is 31.3 Å². The van der Waals surface area contributed by atoms with Crippen molar-refractivity contribution < 1.29 is 20.1 Å². The average Bonchev–Trinajstić information content (AvgIpc) is 2.55. The first-order chi connectivity index (χ1) is 11.3. The number of phenols is 2. The second kappa shape index (κ2) is 7.55. The van der Waals surface area contributed by atoms with E-state index >= 15 is 0 Å². The van der Waals surface area contributed by atoms with E-state index in [0.717, 1.165) is 6.42 Å². The molecule has 5 nitrogen and oxygen atoms in total. The number of ether oxygens (including phenoxy) is 1. The van der Waals surface area contributed by atoms with Crippen LogP contribution in [0.15, 0.2) is 42.5 Å². The van der Waals surface area contributed by atoms with E-state index in [9.17, 15) is 15.3 Å². The number of β-amino-alcohol motifs (C(OH)–C–C–N with tert-alkyl or cyclic N) is 1. The number of phenolic OH excluding ortho intramolecular Hbond substituents is 2. The highest BCUT2D eigenvalue weighted by Gasteiger charge is 2.23. The molecule has 2 aromatic rings. The normalized spacial score (nSPS) is 12.8. The monoisotopic (exact) mass is 331 g/mol. The van der Waals surface area contributed by atoms with E-state index < -0.39 is 6.10 Å². The number of nitrogens with one attached hydrogen (secondary N) is 1. The fraction of sp³-hybridized carbons (Fsp3) is 0.368. The third-order valence-electron chi connectivity index (χ3n) is 3.97. The Kier molecular flexibility index (Phi) is 5.70. The molecule has 0 saturated heterocycles. The summed E-state index contributed by atoms with van der Waals surface area (Å²) in [6, 6.07) is 13.0. The molecule has 0 fully saturated rings. The molecule has 0 saturated carbocycles. The van der Waals surface area contributed by atoms with E-state index in [1.165, 1.54) is 18.7 Å². The molecular weight excluding hydrogens is 306 g/mol. The van der Waals surface area contributed by atoms with Crippen molar-refractivity contribution in [2.24, 2.45) is 0 Å². The van der Waals surface area contributed by atoms with Crippen LogP contribution in [0, 0.1) is 0 Å². The standard InChI is InChI=1S/C19H25NO4/c1-19(2,11-13-7-5-4-6-8-13)20-12-16(22)14-9-10-15(21)17(23)18(14)24-3/h4-10,16,20-23H,11-12H2,1-3H3. The summed E-state index contributed by atoms with van der Waals surface area (Å²) in [5, 5.41) is 33.2. The lowest BCUT2D eigenvalue weighted by molar-refractivity contribution is 0.156. The van der Waals surface area contributed by atoms with E-state index in [4.69, 9.17) is 4.74 Å². The topological polar surface area (TPSA) is 82.0 Å². The Bertz CT molecular complexity index is 671. The molecule has 2 rings (SSSR count). The number of aliphatic hydroxyl groups is 1. The molecule has 0 radical (unpaired) electrons. The molecule has 0 spiro atoms. The number of hydrogen-bond donors (Lipinski definition) is 4. The molecule has 4 N–H and O–H groups in total. The van der Waals surface area contributed by atoms with Crippen molar-refractivity contribution in [2.75, 3.05) is 13.7 Å². The van der Waals surface area contributed by atoms with Crippen LogP contribution in [-0.4, -0.2) is 34.5 Å². The van der Waals surface area contributed by atoms with Crippen molar-refractivity contribution in [1.82, 2.24) is 5.32 Å². The maximum atomic E-state index is 10.4. The van der Waals surface area contributed by atoms with Gasteiger partial charge in [0.15, 0.2) is 11.5 Å². The molecule has 0 amide bonds. The largest absolute Gasteiger partial charge is 0.504 e. The molecule has 5 heteroatoms. The molecule has 24 heavy (non-hydrogen) atoms. The predicted octanol–water partition coefficient (Wildman–Crippen LogP) is 2.75. The number of rotatable bonds is 7. The van der Waals surface area contributed by atoms with Gasteiger partial charge >= 0.3 is 0 Å². The first-order valence-electron chi connectivity index (χ1n) is 7.90. The van der Waals surface area contributed by atoms with Crippen molar-refractivity contribution >= 4 is 0 Å². The SMILES string of the molecule is COc1c(C(O)CNC(C)(C)Cc2ccccc2)ccc(O)c1O. The Morgan fingerprint density at radius 1 is 1.08 bits per heavy atom. The summed E-state index contributed by atoms with van der Waals surface area (Å²) in [4.78, 5) is 0. The van der Waals surface area contributed by atoms with Crippen LogP contribution in [0.25, 0.3) is 0 Å². The van der Waals surface area contributed by atoms with E-state index in [1.807, 2.05) is 18.2 Å². The number of methoxy groups -OCH3 is 1. The smallest absolute Gasteiger partial charge is 0.200 e. The minimum absolute atomic E-state index is 0.0881. The van der Waals surface area contributed by atoms with Gasteiger partial charge in [0.2, 0.25) is 5.75 Å². The lowest BCUT2D eigenvalue weighted by Crippen LogP contribution is -2.43. The van der Waals surface area contributed by atoms with Crippen molar-refractivity contribution in [2.45, 2.75) is 31.9 Å². The zero-order chi connectivity index (χ0) is 17.7. The summed E-state index contributed by atoms with van der Waals surface area (Å²) in [6.07, 6.45) is -0.0556. The van der Waals surface area contributed by atoms with Crippen LogP contribution < -0.4 is 10.1 Å². The van der Waals surface area contributed by atoms with Crippen LogP contribution >= 0.6 is 0 Å². The fourth-order valence-corrected chi connectivity index (χ4v) is 2.70. The molecule has 0 heterocycles. The number of benzene rings is 2. The minimum atomic E-state index is -0.874. The third-order valence-corrected chi connectivity index (χ3v) is 3.97. The molecule has 1 atom stereocenters. The Balaban J connectivity index is 2.05. The molecule has 2 aromatic carbocycles. The maximum absolute atomic E-state index is 10.4. The number of aromatic hydroxyl groups is 2. The van der Waals surface area contributed by atoms with Gasteiger partial charge in [-0.3, -0.25) is 0 Å². The van der Waals surface area contributed by atoms with E-state index in [1.54, 1.807) is 6.07 Å². The van der Waals surface area contributed by atoms with E-state index in [-0.39, 0.29) is 22.8 Å². The molecular formula is C19H25NO4. The van der Waals surface area contributed by atoms with Crippen LogP contribution in [-0.2, 0) is 6.42 Å². The fourth-order valence-electron chi connectivity index (χ4n) is 2.70. The second-order valence-corrected chi connectivity index (χ2v) is 6.50. The molecule has 0 aliphatic carbocycles. The Morgan fingerprint density at radius 2 is 1.75 bits per heavy atom. The Hall–Kier alpha value is -2.24. The van der Waals surface area contributed by atoms with Crippen molar-refractivity contribution in [3.05, 3.63) is 53.6 Å². The summed E-state index contributed by atoms with van der Waals surface area (Å²) >= 11 is 0. The lowest BCUT2D eigenvalue weighted by Gasteiger charge is -2.28. The zero-order valence-electron chi connectivity index (χ0n) is 14.3. The first kappa shape index (κ1) is 18.1. The highest BCUT2D eigenvalue weighted by Crippen LogP contribution is 2.40. The van der Waals surface area contributed by atoms with Gasteiger partial charge in [-0.2, -0.15) is 0 Å². The lowest BCUT2D eigenvalue weighted by atomic mass is 9.94. The average molecular weight is 331 g/mol. The van der Waals surface area contributed by atoms with Crippen molar-refractivity contribution in [1.29, 1.82) is 0 Å². The number of hydrogen-bond acceptors (Lipinski definition) is 5. The van der Waals surface area contributed by atoms with Crippen LogP contribution in [0.4, 0.5) is 0 Å². The second-order valence-electron chi connectivity index (χ2n) is 6.50. The minimum Gasteiger partial charge on any atom is -0.504 e. The van der Waals surface area contributed by atoms with Gasteiger partial charge < -0.3 is 25.4 Å². The van der Waals surface area contributed by atoms with Gasteiger partial charge in [0.05, 0.1) is 13.2 Å². The molecule has 0 aliphatic heterocycles. The summed E-state index contributed by atoms with van der Waals surface area (Å²) in [5.41, 5.74) is 1.43. The van der Waals surface area contributed by atoms with Gasteiger partial charge in [0, 0.05) is 17.6 Å². The van der Waals surface area contributed by atoms with Gasteiger partial charge in [-0.1, -0.05) is 30.3 Å². The van der Waals surface area contributed by atoms with Gasteiger partial charge in [-0.05, 0) is 38.0 Å². The maximum Gasteiger partial charge on any atom is 0.200 e. The van der Waals surface area contributed by atoms with Crippen molar-refractivity contribution in [3.8, 4) is 17.2 Å². The van der Waals surface area contributed by atoms with Crippen molar-refractivity contribution in [3.63, 3.8) is 0 Å². The molecule has 130 valence electrons. The van der Waals surface area contributed by atoms with Gasteiger partial charge in [0.1, 0.15) is 0 Å². The molecule has 0 aliphatic rings. The molecule has 1 unspecified atom stereocenters. The van der Waals surface area contributed by atoms with Crippen LogP contribution in [0.1, 0.15) is 31.1 Å². The summed E-state index contributed by atoms with van der Waals surface area (Å²) in [6.45, 7) is 4.43. The quantitative estimate of drug-likeness (QED) is 0.587. The molecule has 0 bridgehead atoms. The summed E-state index contributed by atoms with van der Waals surface area (Å²) in [5.74, 6) is -0.553. The highest BCUT2D eigenvalue weighted by atomic mass is 16.5. The van der Waals surface area contributed by atoms with Gasteiger partial charge in [-0.25, -0.2) is 0 Å². The Labute approximate surface area is 142 Å². The molecule has 0 aromatic heterocycles. The van der Waals surface area contributed by atoms with Crippen LogP contribution in [0.3, 0.4) is 0 Å². The van der Waals surface area contributed by atoms with E-state index in [0.29, 0.717) is 12.1 Å². The predicted molar refractivity (Wildman–Crippen MR) is 93.5 cm³/mol. The first-order valence-corrected chi connectivity index (χ1v) is 7.90. The van der Waals surface area contributed by atoms with Crippen LogP contribution in [0.2, 0.25) is 0 Å². The summed E-state index contributed by atoms with van der Waals surface area (Å²) < 4.78 is 5.11. The number of aliphatic hydroxyl groups excluding tert-OH is 1. The third kappa shape index (κ3) is 4.40. The van der Waals surface area contributed by atoms with Gasteiger partial charge in [-0.15, -0.1) is 0 Å². The van der Waals surface area contributed by atoms with Gasteiger partial charge in [0.25, 0.3) is 0 Å². The zero-order valence-corrected chi connectivity index (χ0v) is 14.3. The highest BCUT2D eigenvalue weighted by molar-refractivity contribution is 5.54. The summed E-state index contributed by atoms with van der Waals surface area (Å²) in [7, 11) is 1.39. The van der Waals surface area contributed by atoms with Crippen LogP contribution in [0.5, 0.6) is 17.2 Å².